The number of amides is 1. The van der Waals surface area contributed by atoms with Crippen molar-refractivity contribution in [2.24, 2.45) is 4.99 Å². The lowest BCUT2D eigenvalue weighted by Gasteiger charge is -2.34. The summed E-state index contributed by atoms with van der Waals surface area (Å²) < 4.78 is 42.3. The molecule has 2 aromatic carbocycles. The van der Waals surface area contributed by atoms with Crippen molar-refractivity contribution < 1.29 is 22.7 Å². The molecular weight excluding hydrogens is 498 g/mol. The van der Waals surface area contributed by atoms with Crippen molar-refractivity contribution in [3.8, 4) is 11.5 Å². The number of rotatable bonds is 6. The van der Waals surface area contributed by atoms with Gasteiger partial charge in [-0.25, -0.2) is 8.42 Å². The standard InChI is InChI=1S/C26H29N3O5S2/c1-3-12-28-21-16-22-23(34-15-14-33-22)17-24(21)35-26(28)27-25(30)18-8-10-20(11-9-18)36(31,32)29-13-6-5-7-19(29)4-2/h3,8-11,16-17,19H,1,4-7,12-15H2,2H3. The number of allylic oxidation sites excluding steroid dienone is 1. The Balaban J connectivity index is 1.46. The number of carbonyl (C=O) groups excluding carboxylic acids is 1. The predicted molar refractivity (Wildman–Crippen MR) is 139 cm³/mol. The fourth-order valence-electron chi connectivity index (χ4n) is 4.75. The SMILES string of the molecule is C=CCn1c(=NC(=O)c2ccc(S(=O)(=O)N3CCCCC3CC)cc2)sc2cc3c(cc21)OCCO3. The lowest BCUT2D eigenvalue weighted by atomic mass is 10.0. The number of hydrogen-bond acceptors (Lipinski definition) is 6. The van der Waals surface area contributed by atoms with Crippen molar-refractivity contribution in [1.29, 1.82) is 0 Å². The van der Waals surface area contributed by atoms with Crippen LogP contribution in [0.15, 0.2) is 58.9 Å². The van der Waals surface area contributed by atoms with Gasteiger partial charge >= 0.3 is 0 Å². The Bertz CT molecular complexity index is 1470. The third-order valence-electron chi connectivity index (χ3n) is 6.61. The van der Waals surface area contributed by atoms with Gasteiger partial charge in [-0.05, 0) is 43.5 Å². The van der Waals surface area contributed by atoms with Gasteiger partial charge in [-0.3, -0.25) is 4.79 Å². The van der Waals surface area contributed by atoms with E-state index in [1.165, 1.54) is 35.6 Å². The molecule has 1 unspecified atom stereocenters. The molecule has 36 heavy (non-hydrogen) atoms. The number of fused-ring (bicyclic) bond motifs is 2. The van der Waals surface area contributed by atoms with E-state index >= 15 is 0 Å². The quantitative estimate of drug-likeness (QED) is 0.445. The van der Waals surface area contributed by atoms with Gasteiger partial charge in [-0.2, -0.15) is 9.30 Å². The van der Waals surface area contributed by atoms with Crippen LogP contribution in [0.5, 0.6) is 11.5 Å². The summed E-state index contributed by atoms with van der Waals surface area (Å²) in [6.45, 7) is 7.84. The van der Waals surface area contributed by atoms with E-state index in [0.29, 0.717) is 48.2 Å². The van der Waals surface area contributed by atoms with Crippen LogP contribution in [0, 0.1) is 0 Å². The minimum absolute atomic E-state index is 0.0230. The van der Waals surface area contributed by atoms with E-state index in [1.54, 1.807) is 10.4 Å². The Morgan fingerprint density at radius 2 is 1.89 bits per heavy atom. The lowest BCUT2D eigenvalue weighted by Crippen LogP contribution is -2.43. The second-order valence-electron chi connectivity index (χ2n) is 8.86. The lowest BCUT2D eigenvalue weighted by molar-refractivity contribution is 0.0997. The highest BCUT2D eigenvalue weighted by Crippen LogP contribution is 2.35. The molecule has 5 rings (SSSR count). The highest BCUT2D eigenvalue weighted by atomic mass is 32.2. The summed E-state index contributed by atoms with van der Waals surface area (Å²) in [7, 11) is -3.61. The molecule has 0 saturated carbocycles. The molecule has 1 amide bonds. The summed E-state index contributed by atoms with van der Waals surface area (Å²) in [6, 6.07) is 9.91. The maximum Gasteiger partial charge on any atom is 0.279 e. The molecule has 0 radical (unpaired) electrons. The van der Waals surface area contributed by atoms with Gasteiger partial charge in [-0.1, -0.05) is 30.8 Å². The van der Waals surface area contributed by atoms with E-state index in [0.717, 1.165) is 35.9 Å². The van der Waals surface area contributed by atoms with E-state index in [1.807, 2.05) is 23.6 Å². The maximum absolute atomic E-state index is 13.2. The van der Waals surface area contributed by atoms with E-state index in [4.69, 9.17) is 9.47 Å². The number of sulfonamides is 1. The van der Waals surface area contributed by atoms with Gasteiger partial charge in [0.2, 0.25) is 10.0 Å². The summed E-state index contributed by atoms with van der Waals surface area (Å²) >= 11 is 1.38. The van der Waals surface area contributed by atoms with Crippen LogP contribution in [0.1, 0.15) is 43.0 Å². The molecule has 0 N–H and O–H groups in total. The first-order valence-corrected chi connectivity index (χ1v) is 14.4. The zero-order valence-corrected chi connectivity index (χ0v) is 21.8. The maximum atomic E-state index is 13.2. The number of piperidine rings is 1. The van der Waals surface area contributed by atoms with Crippen molar-refractivity contribution in [2.45, 2.75) is 50.1 Å². The number of nitrogens with zero attached hydrogens (tertiary/aromatic N) is 3. The second kappa shape index (κ2) is 10.2. The highest BCUT2D eigenvalue weighted by Gasteiger charge is 2.32. The third-order valence-corrected chi connectivity index (χ3v) is 9.62. The molecule has 3 aromatic rings. The average Bonchev–Trinajstić information content (AvgIpc) is 3.23. The van der Waals surface area contributed by atoms with Crippen molar-refractivity contribution in [1.82, 2.24) is 8.87 Å². The zero-order valence-electron chi connectivity index (χ0n) is 20.2. The summed E-state index contributed by atoms with van der Waals surface area (Å²) in [5.41, 5.74) is 1.21. The smallest absolute Gasteiger partial charge is 0.279 e. The van der Waals surface area contributed by atoms with Crippen LogP contribution in [0.2, 0.25) is 0 Å². The molecule has 8 nitrogen and oxygen atoms in total. The highest BCUT2D eigenvalue weighted by molar-refractivity contribution is 7.89. The monoisotopic (exact) mass is 527 g/mol. The normalized spacial score (nSPS) is 18.9. The average molecular weight is 528 g/mol. The molecule has 2 aliphatic rings. The summed E-state index contributed by atoms with van der Waals surface area (Å²) in [5, 5.41) is 0. The minimum Gasteiger partial charge on any atom is -0.486 e. The second-order valence-corrected chi connectivity index (χ2v) is 11.8. The van der Waals surface area contributed by atoms with Crippen LogP contribution in [0.25, 0.3) is 10.2 Å². The Hall–Kier alpha value is -2.95. The van der Waals surface area contributed by atoms with Crippen LogP contribution in [-0.2, 0) is 16.6 Å². The van der Waals surface area contributed by atoms with Gasteiger partial charge in [0, 0.05) is 36.8 Å². The van der Waals surface area contributed by atoms with Gasteiger partial charge in [-0.15, -0.1) is 6.58 Å². The van der Waals surface area contributed by atoms with E-state index in [9.17, 15) is 13.2 Å². The molecule has 190 valence electrons. The fraction of sp³-hybridized carbons (Fsp3) is 0.385. The van der Waals surface area contributed by atoms with Gasteiger partial charge < -0.3 is 14.0 Å². The third kappa shape index (κ3) is 4.60. The number of ether oxygens (including phenoxy) is 2. The van der Waals surface area contributed by atoms with E-state index in [2.05, 4.69) is 11.6 Å². The first kappa shape index (κ1) is 24.7. The van der Waals surface area contributed by atoms with Crippen LogP contribution in [-0.4, -0.2) is 49.0 Å². The van der Waals surface area contributed by atoms with Gasteiger partial charge in [0.05, 0.1) is 15.1 Å². The molecule has 0 bridgehead atoms. The molecule has 0 aliphatic carbocycles. The van der Waals surface area contributed by atoms with Gasteiger partial charge in [0.25, 0.3) is 5.91 Å². The summed E-state index contributed by atoms with van der Waals surface area (Å²) in [5.74, 6) is 0.900. The molecular formula is C26H29N3O5S2. The van der Waals surface area contributed by atoms with Crippen LogP contribution >= 0.6 is 11.3 Å². The summed E-state index contributed by atoms with van der Waals surface area (Å²) in [6.07, 6.45) is 5.33. The first-order valence-electron chi connectivity index (χ1n) is 12.2. The molecule has 1 aromatic heterocycles. The molecule has 1 saturated heterocycles. The van der Waals surface area contributed by atoms with E-state index < -0.39 is 15.9 Å². The largest absolute Gasteiger partial charge is 0.486 e. The molecule has 2 aliphatic heterocycles. The minimum atomic E-state index is -3.61. The molecule has 1 fully saturated rings. The molecule has 10 heteroatoms. The molecule has 1 atom stereocenters. The Morgan fingerprint density at radius 1 is 1.17 bits per heavy atom. The van der Waals surface area contributed by atoms with Gasteiger partial charge in [0.15, 0.2) is 16.3 Å². The number of carbonyl (C=O) groups is 1. The predicted octanol–water partition coefficient (Wildman–Crippen LogP) is 4.35. The number of hydrogen-bond donors (Lipinski definition) is 0. The molecule has 0 spiro atoms. The number of thiazole rings is 1. The Kier molecular flexibility index (Phi) is 7.00. The number of benzene rings is 2. The first-order chi connectivity index (χ1) is 17.4. The van der Waals surface area contributed by atoms with Crippen LogP contribution in [0.4, 0.5) is 0 Å². The van der Waals surface area contributed by atoms with Crippen LogP contribution < -0.4 is 14.3 Å². The Morgan fingerprint density at radius 3 is 2.58 bits per heavy atom. The van der Waals surface area contributed by atoms with E-state index in [-0.39, 0.29) is 10.9 Å². The van der Waals surface area contributed by atoms with Crippen molar-refractivity contribution in [3.63, 3.8) is 0 Å². The van der Waals surface area contributed by atoms with Gasteiger partial charge in [0.1, 0.15) is 13.2 Å². The fourth-order valence-corrected chi connectivity index (χ4v) is 7.57. The zero-order chi connectivity index (χ0) is 25.3. The van der Waals surface area contributed by atoms with Crippen LogP contribution in [0.3, 0.4) is 0 Å². The van der Waals surface area contributed by atoms with Crippen molar-refractivity contribution >= 4 is 37.5 Å². The van der Waals surface area contributed by atoms with Crippen molar-refractivity contribution in [3.05, 3.63) is 59.4 Å². The summed E-state index contributed by atoms with van der Waals surface area (Å²) in [4.78, 5) is 18.2. The Labute approximate surface area is 214 Å². The molecule has 3 heterocycles. The van der Waals surface area contributed by atoms with Crippen molar-refractivity contribution in [2.75, 3.05) is 19.8 Å². The topological polar surface area (TPSA) is 90.2 Å². The number of aromatic nitrogens is 1.